The van der Waals surface area contributed by atoms with Crippen molar-refractivity contribution in [2.45, 2.75) is 19.6 Å². The predicted molar refractivity (Wildman–Crippen MR) is 79.7 cm³/mol. The van der Waals surface area contributed by atoms with Crippen LogP contribution in [-0.4, -0.2) is 36.8 Å². The monoisotopic (exact) mass is 287 g/mol. The van der Waals surface area contributed by atoms with Crippen molar-refractivity contribution in [2.24, 2.45) is 11.3 Å². The number of benzene rings is 1. The molecule has 0 spiro atoms. The van der Waals surface area contributed by atoms with Gasteiger partial charge in [-0.1, -0.05) is 43.3 Å². The highest BCUT2D eigenvalue weighted by Crippen LogP contribution is 2.45. The number of carbonyl (C=O) groups is 1. The zero-order valence-electron chi connectivity index (χ0n) is 12.3. The molecule has 3 rings (SSSR count). The zero-order valence-corrected chi connectivity index (χ0v) is 12.3. The number of cyclic esters (lactones) is 1. The van der Waals surface area contributed by atoms with Crippen molar-refractivity contribution in [3.63, 3.8) is 0 Å². The summed E-state index contributed by atoms with van der Waals surface area (Å²) in [5.74, 6) is 0.242. The van der Waals surface area contributed by atoms with Gasteiger partial charge in [0.05, 0.1) is 19.3 Å². The van der Waals surface area contributed by atoms with E-state index >= 15 is 0 Å². The maximum absolute atomic E-state index is 11.7. The van der Waals surface area contributed by atoms with Crippen LogP contribution in [0.1, 0.15) is 12.5 Å². The molecule has 3 atom stereocenters. The molecule has 1 aromatic carbocycles. The minimum atomic E-state index is -0.210. The number of nitrogens with zero attached hydrogens (tertiary/aromatic N) is 1. The molecule has 112 valence electrons. The summed E-state index contributed by atoms with van der Waals surface area (Å²) >= 11 is 0. The first-order valence-corrected chi connectivity index (χ1v) is 7.33. The van der Waals surface area contributed by atoms with Gasteiger partial charge in [0.1, 0.15) is 6.61 Å². The van der Waals surface area contributed by atoms with E-state index in [1.165, 1.54) is 0 Å². The van der Waals surface area contributed by atoms with Crippen molar-refractivity contribution in [2.75, 3.05) is 19.8 Å². The number of rotatable bonds is 5. The molecule has 21 heavy (non-hydrogen) atoms. The van der Waals surface area contributed by atoms with Crippen molar-refractivity contribution < 1.29 is 14.3 Å². The third kappa shape index (κ3) is 2.44. The number of carbonyl (C=O) groups excluding carboxylic acids is 1. The minimum Gasteiger partial charge on any atom is -0.447 e. The fraction of sp³-hybridized carbons (Fsp3) is 0.471. The van der Waals surface area contributed by atoms with Gasteiger partial charge < -0.3 is 14.4 Å². The van der Waals surface area contributed by atoms with Gasteiger partial charge in [-0.3, -0.25) is 0 Å². The van der Waals surface area contributed by atoms with E-state index in [0.717, 1.165) is 5.56 Å². The first kappa shape index (κ1) is 14.1. The Morgan fingerprint density at radius 2 is 2.24 bits per heavy atom. The average molecular weight is 287 g/mol. The Morgan fingerprint density at radius 3 is 2.95 bits per heavy atom. The van der Waals surface area contributed by atoms with E-state index in [4.69, 9.17) is 9.47 Å². The number of ether oxygens (including phenoxy) is 2. The van der Waals surface area contributed by atoms with Gasteiger partial charge in [0.15, 0.2) is 0 Å². The van der Waals surface area contributed by atoms with E-state index in [0.29, 0.717) is 26.4 Å². The SMILES string of the molecule is C=C[C@@H]1CN2C(=O)OC[C@@H]2[C@]1(C)COCc1ccccc1. The van der Waals surface area contributed by atoms with E-state index < -0.39 is 0 Å². The van der Waals surface area contributed by atoms with Crippen LogP contribution in [0.15, 0.2) is 43.0 Å². The van der Waals surface area contributed by atoms with E-state index in [1.54, 1.807) is 0 Å². The van der Waals surface area contributed by atoms with Crippen molar-refractivity contribution in [1.29, 1.82) is 0 Å². The summed E-state index contributed by atoms with van der Waals surface area (Å²) in [6.07, 6.45) is 1.73. The summed E-state index contributed by atoms with van der Waals surface area (Å²) in [5, 5.41) is 0. The van der Waals surface area contributed by atoms with Crippen LogP contribution >= 0.6 is 0 Å². The van der Waals surface area contributed by atoms with E-state index in [2.05, 4.69) is 25.6 Å². The van der Waals surface area contributed by atoms with E-state index in [-0.39, 0.29) is 23.5 Å². The molecule has 1 aromatic rings. The van der Waals surface area contributed by atoms with Gasteiger partial charge in [-0.05, 0) is 5.56 Å². The molecule has 2 aliphatic rings. The molecular weight excluding hydrogens is 266 g/mol. The van der Waals surface area contributed by atoms with Crippen LogP contribution in [0.25, 0.3) is 0 Å². The molecule has 0 bridgehead atoms. The standard InChI is InChI=1S/C17H21NO3/c1-3-14-9-18-15(11-21-16(18)19)17(14,2)12-20-10-13-7-5-4-6-8-13/h3-8,14-15H,1,9-12H2,2H3/t14-,15-,17-/m1/s1. The minimum absolute atomic E-state index is 0.0868. The molecule has 0 radical (unpaired) electrons. The molecular formula is C17H21NO3. The summed E-state index contributed by atoms with van der Waals surface area (Å²) in [5.41, 5.74) is 1.02. The van der Waals surface area contributed by atoms with Crippen LogP contribution in [0.2, 0.25) is 0 Å². The summed E-state index contributed by atoms with van der Waals surface area (Å²) in [7, 11) is 0. The summed E-state index contributed by atoms with van der Waals surface area (Å²) in [6, 6.07) is 10.2. The Kier molecular flexibility index (Phi) is 3.72. The van der Waals surface area contributed by atoms with Crippen molar-refractivity contribution in [3.8, 4) is 0 Å². The molecule has 0 saturated carbocycles. The van der Waals surface area contributed by atoms with Gasteiger partial charge in [0.2, 0.25) is 0 Å². The molecule has 2 fully saturated rings. The Bertz CT molecular complexity index is 530. The number of hydrogen-bond donors (Lipinski definition) is 0. The highest BCUT2D eigenvalue weighted by Gasteiger charge is 2.55. The van der Waals surface area contributed by atoms with Crippen molar-refractivity contribution in [1.82, 2.24) is 4.90 Å². The Labute approximate surface area is 125 Å². The van der Waals surface area contributed by atoms with Gasteiger partial charge in [0, 0.05) is 17.9 Å². The smallest absolute Gasteiger partial charge is 0.410 e. The van der Waals surface area contributed by atoms with Crippen LogP contribution in [0.3, 0.4) is 0 Å². The third-order valence-corrected chi connectivity index (χ3v) is 4.79. The van der Waals surface area contributed by atoms with E-state index in [1.807, 2.05) is 29.2 Å². The second kappa shape index (κ2) is 5.53. The van der Waals surface area contributed by atoms with Gasteiger partial charge >= 0.3 is 6.09 Å². The molecule has 0 aliphatic carbocycles. The molecule has 0 unspecified atom stereocenters. The quantitative estimate of drug-likeness (QED) is 0.782. The van der Waals surface area contributed by atoms with Gasteiger partial charge in [-0.25, -0.2) is 4.79 Å². The van der Waals surface area contributed by atoms with Gasteiger partial charge in [0.25, 0.3) is 0 Å². The zero-order chi connectivity index (χ0) is 14.9. The molecule has 2 aliphatic heterocycles. The lowest BCUT2D eigenvalue weighted by molar-refractivity contribution is 0.0141. The molecule has 1 amide bonds. The molecule has 2 heterocycles. The van der Waals surface area contributed by atoms with Crippen LogP contribution in [0.4, 0.5) is 4.79 Å². The van der Waals surface area contributed by atoms with E-state index in [9.17, 15) is 4.79 Å². The average Bonchev–Trinajstić information content (AvgIpc) is 2.99. The lowest BCUT2D eigenvalue weighted by Crippen LogP contribution is -2.41. The highest BCUT2D eigenvalue weighted by atomic mass is 16.6. The lowest BCUT2D eigenvalue weighted by Gasteiger charge is -2.32. The second-order valence-electron chi connectivity index (χ2n) is 6.07. The van der Waals surface area contributed by atoms with Crippen LogP contribution < -0.4 is 0 Å². The molecule has 0 aromatic heterocycles. The summed E-state index contributed by atoms with van der Waals surface area (Å²) in [4.78, 5) is 13.5. The largest absolute Gasteiger partial charge is 0.447 e. The number of fused-ring (bicyclic) bond motifs is 1. The first-order valence-electron chi connectivity index (χ1n) is 7.33. The molecule has 4 nitrogen and oxygen atoms in total. The fourth-order valence-electron chi connectivity index (χ4n) is 3.38. The maximum Gasteiger partial charge on any atom is 0.410 e. The third-order valence-electron chi connectivity index (χ3n) is 4.79. The van der Waals surface area contributed by atoms with Gasteiger partial charge in [-0.2, -0.15) is 0 Å². The van der Waals surface area contributed by atoms with Crippen LogP contribution in [0, 0.1) is 11.3 Å². The highest BCUT2D eigenvalue weighted by molar-refractivity contribution is 5.71. The molecule has 4 heteroatoms. The fourth-order valence-corrected chi connectivity index (χ4v) is 3.38. The van der Waals surface area contributed by atoms with Crippen molar-refractivity contribution >= 4 is 6.09 Å². The number of amides is 1. The molecule has 2 saturated heterocycles. The van der Waals surface area contributed by atoms with Crippen LogP contribution in [-0.2, 0) is 16.1 Å². The van der Waals surface area contributed by atoms with Crippen molar-refractivity contribution in [3.05, 3.63) is 48.6 Å². The first-order chi connectivity index (χ1) is 10.1. The lowest BCUT2D eigenvalue weighted by atomic mass is 9.75. The maximum atomic E-state index is 11.7. The topological polar surface area (TPSA) is 38.8 Å². The Hall–Kier alpha value is -1.81. The van der Waals surface area contributed by atoms with Gasteiger partial charge in [-0.15, -0.1) is 6.58 Å². The normalized spacial score (nSPS) is 31.1. The molecule has 0 N–H and O–H groups in total. The Morgan fingerprint density at radius 1 is 1.48 bits per heavy atom. The van der Waals surface area contributed by atoms with Crippen LogP contribution in [0.5, 0.6) is 0 Å². The second-order valence-corrected chi connectivity index (χ2v) is 6.07. The summed E-state index contributed by atoms with van der Waals surface area (Å²) < 4.78 is 11.1. The Balaban J connectivity index is 1.67. The summed E-state index contributed by atoms with van der Waals surface area (Å²) in [6.45, 7) is 8.40. The predicted octanol–water partition coefficient (Wildman–Crippen LogP) is 2.85. The number of hydrogen-bond acceptors (Lipinski definition) is 3.